The maximum Gasteiger partial charge on any atom is 0.0693 e. The highest BCUT2D eigenvalue weighted by Crippen LogP contribution is 2.35. The normalized spacial score (nSPS) is 36.2. The largest absolute Gasteiger partial charge is 0.392 e. The second kappa shape index (κ2) is 5.05. The van der Waals surface area contributed by atoms with Gasteiger partial charge in [0.05, 0.1) is 6.10 Å². The Bertz CT molecular complexity index is 217. The van der Waals surface area contributed by atoms with Gasteiger partial charge in [0.15, 0.2) is 0 Å². The molecule has 2 saturated carbocycles. The summed E-state index contributed by atoms with van der Waals surface area (Å²) in [5, 5.41) is 13.6. The SMILES string of the molecule is CC1(C)CCC(NC2CCCCC2O)CC1. The molecule has 2 N–H and O–H groups in total. The van der Waals surface area contributed by atoms with E-state index in [0.717, 1.165) is 6.42 Å². The molecule has 0 bridgehead atoms. The minimum absolute atomic E-state index is 0.0938. The molecule has 0 aromatic rings. The van der Waals surface area contributed by atoms with Crippen molar-refractivity contribution in [1.82, 2.24) is 5.32 Å². The Hall–Kier alpha value is -0.0800. The van der Waals surface area contributed by atoms with Crippen LogP contribution in [0.25, 0.3) is 0 Å². The van der Waals surface area contributed by atoms with E-state index in [4.69, 9.17) is 0 Å². The molecule has 2 atom stereocenters. The van der Waals surface area contributed by atoms with E-state index in [-0.39, 0.29) is 6.10 Å². The quantitative estimate of drug-likeness (QED) is 0.757. The van der Waals surface area contributed by atoms with Gasteiger partial charge in [-0.3, -0.25) is 0 Å². The van der Waals surface area contributed by atoms with Gasteiger partial charge in [0.1, 0.15) is 0 Å². The lowest BCUT2D eigenvalue weighted by Crippen LogP contribution is -2.48. The Balaban J connectivity index is 1.77. The van der Waals surface area contributed by atoms with Crippen molar-refractivity contribution in [2.75, 3.05) is 0 Å². The molecular formula is C14H27NO. The second-order valence-corrected chi connectivity index (χ2v) is 6.56. The molecule has 2 fully saturated rings. The van der Waals surface area contributed by atoms with Crippen molar-refractivity contribution >= 4 is 0 Å². The lowest BCUT2D eigenvalue weighted by Gasteiger charge is -2.38. The van der Waals surface area contributed by atoms with Crippen LogP contribution in [-0.2, 0) is 0 Å². The predicted octanol–water partition coefficient (Wildman–Crippen LogP) is 2.85. The summed E-state index contributed by atoms with van der Waals surface area (Å²) in [6, 6.07) is 1.03. The molecule has 2 unspecified atom stereocenters. The Morgan fingerprint density at radius 2 is 1.62 bits per heavy atom. The molecule has 0 saturated heterocycles. The zero-order chi connectivity index (χ0) is 11.6. The summed E-state index contributed by atoms with van der Waals surface area (Å²) < 4.78 is 0. The van der Waals surface area contributed by atoms with Crippen molar-refractivity contribution in [3.63, 3.8) is 0 Å². The van der Waals surface area contributed by atoms with Crippen molar-refractivity contribution in [1.29, 1.82) is 0 Å². The van der Waals surface area contributed by atoms with E-state index in [2.05, 4.69) is 19.2 Å². The average Bonchev–Trinajstić information content (AvgIpc) is 2.24. The number of nitrogens with one attached hydrogen (secondary N) is 1. The first-order valence-corrected chi connectivity index (χ1v) is 7.01. The molecule has 2 heteroatoms. The maximum absolute atomic E-state index is 9.94. The highest BCUT2D eigenvalue weighted by atomic mass is 16.3. The van der Waals surface area contributed by atoms with Crippen molar-refractivity contribution in [2.45, 2.75) is 83.4 Å². The van der Waals surface area contributed by atoms with E-state index in [1.165, 1.54) is 44.9 Å². The molecule has 16 heavy (non-hydrogen) atoms. The van der Waals surface area contributed by atoms with Crippen molar-refractivity contribution in [3.8, 4) is 0 Å². The van der Waals surface area contributed by atoms with Crippen molar-refractivity contribution < 1.29 is 5.11 Å². The van der Waals surface area contributed by atoms with Crippen LogP contribution in [-0.4, -0.2) is 23.3 Å². The van der Waals surface area contributed by atoms with E-state index in [9.17, 15) is 5.11 Å². The van der Waals surface area contributed by atoms with Gasteiger partial charge in [0.2, 0.25) is 0 Å². The number of hydrogen-bond acceptors (Lipinski definition) is 2. The Morgan fingerprint density at radius 3 is 2.25 bits per heavy atom. The fourth-order valence-electron chi connectivity index (χ4n) is 3.17. The van der Waals surface area contributed by atoms with E-state index in [0.29, 0.717) is 17.5 Å². The van der Waals surface area contributed by atoms with Gasteiger partial charge in [0, 0.05) is 12.1 Å². The molecule has 0 amide bonds. The zero-order valence-electron chi connectivity index (χ0n) is 10.8. The number of rotatable bonds is 2. The molecule has 2 aliphatic carbocycles. The van der Waals surface area contributed by atoms with Crippen LogP contribution in [0.4, 0.5) is 0 Å². The summed E-state index contributed by atoms with van der Waals surface area (Å²) in [6.07, 6.45) is 9.79. The first-order valence-electron chi connectivity index (χ1n) is 7.01. The Morgan fingerprint density at radius 1 is 1.00 bits per heavy atom. The molecule has 2 rings (SSSR count). The molecule has 0 aromatic heterocycles. The van der Waals surface area contributed by atoms with Crippen LogP contribution in [0.2, 0.25) is 0 Å². The summed E-state index contributed by atoms with van der Waals surface area (Å²) in [5.41, 5.74) is 0.545. The highest BCUT2D eigenvalue weighted by Gasteiger charge is 2.30. The summed E-state index contributed by atoms with van der Waals surface area (Å²) in [4.78, 5) is 0. The van der Waals surface area contributed by atoms with Gasteiger partial charge in [-0.15, -0.1) is 0 Å². The minimum Gasteiger partial charge on any atom is -0.392 e. The third kappa shape index (κ3) is 3.21. The number of aliphatic hydroxyl groups is 1. The number of hydrogen-bond donors (Lipinski definition) is 2. The molecule has 0 radical (unpaired) electrons. The van der Waals surface area contributed by atoms with Crippen LogP contribution < -0.4 is 5.32 Å². The van der Waals surface area contributed by atoms with Crippen LogP contribution in [0, 0.1) is 5.41 Å². The fraction of sp³-hybridized carbons (Fsp3) is 1.00. The van der Waals surface area contributed by atoms with Crippen LogP contribution in [0.3, 0.4) is 0 Å². The smallest absolute Gasteiger partial charge is 0.0693 e. The van der Waals surface area contributed by atoms with E-state index in [1.807, 2.05) is 0 Å². The average molecular weight is 225 g/mol. The summed E-state index contributed by atoms with van der Waals surface area (Å²) in [6.45, 7) is 4.75. The summed E-state index contributed by atoms with van der Waals surface area (Å²) >= 11 is 0. The lowest BCUT2D eigenvalue weighted by atomic mass is 9.75. The molecule has 0 aromatic carbocycles. The van der Waals surface area contributed by atoms with Crippen molar-refractivity contribution in [2.24, 2.45) is 5.41 Å². The van der Waals surface area contributed by atoms with Crippen LogP contribution >= 0.6 is 0 Å². The molecule has 0 aliphatic heterocycles. The van der Waals surface area contributed by atoms with Crippen LogP contribution in [0.5, 0.6) is 0 Å². The number of aliphatic hydroxyl groups excluding tert-OH is 1. The van der Waals surface area contributed by atoms with Crippen molar-refractivity contribution in [3.05, 3.63) is 0 Å². The van der Waals surface area contributed by atoms with E-state index < -0.39 is 0 Å². The maximum atomic E-state index is 9.94. The van der Waals surface area contributed by atoms with Gasteiger partial charge in [0.25, 0.3) is 0 Å². The van der Waals surface area contributed by atoms with Crippen LogP contribution in [0.1, 0.15) is 65.2 Å². The standard InChI is InChI=1S/C14H27NO/c1-14(2)9-7-11(8-10-14)15-12-5-3-4-6-13(12)16/h11-13,15-16H,3-10H2,1-2H3. The molecule has 2 nitrogen and oxygen atoms in total. The van der Waals surface area contributed by atoms with Gasteiger partial charge in [-0.05, 0) is 43.9 Å². The second-order valence-electron chi connectivity index (χ2n) is 6.56. The van der Waals surface area contributed by atoms with E-state index in [1.54, 1.807) is 0 Å². The molecule has 94 valence electrons. The minimum atomic E-state index is -0.0938. The highest BCUT2D eigenvalue weighted by molar-refractivity contribution is 4.87. The predicted molar refractivity (Wildman–Crippen MR) is 67.4 cm³/mol. The third-order valence-electron chi connectivity index (χ3n) is 4.52. The summed E-state index contributed by atoms with van der Waals surface area (Å²) in [7, 11) is 0. The molecular weight excluding hydrogens is 198 g/mol. The van der Waals surface area contributed by atoms with Crippen LogP contribution in [0.15, 0.2) is 0 Å². The topological polar surface area (TPSA) is 32.3 Å². The molecule has 0 heterocycles. The Labute approximate surface area is 99.8 Å². The monoisotopic (exact) mass is 225 g/mol. The third-order valence-corrected chi connectivity index (χ3v) is 4.52. The van der Waals surface area contributed by atoms with Gasteiger partial charge < -0.3 is 10.4 Å². The zero-order valence-corrected chi connectivity index (χ0v) is 10.8. The van der Waals surface area contributed by atoms with Gasteiger partial charge in [-0.2, -0.15) is 0 Å². The summed E-state index contributed by atoms with van der Waals surface area (Å²) in [5.74, 6) is 0. The Kier molecular flexibility index (Phi) is 3.91. The lowest BCUT2D eigenvalue weighted by molar-refractivity contribution is 0.0761. The molecule has 0 spiro atoms. The first-order chi connectivity index (χ1) is 7.57. The van der Waals surface area contributed by atoms with Gasteiger partial charge in [-0.1, -0.05) is 26.7 Å². The fourth-order valence-corrected chi connectivity index (χ4v) is 3.17. The van der Waals surface area contributed by atoms with Gasteiger partial charge >= 0.3 is 0 Å². The molecule has 2 aliphatic rings. The van der Waals surface area contributed by atoms with Gasteiger partial charge in [-0.25, -0.2) is 0 Å². The van der Waals surface area contributed by atoms with E-state index >= 15 is 0 Å². The first kappa shape index (κ1) is 12.4.